The maximum absolute atomic E-state index is 6.18. The topological polar surface area (TPSA) is 76.7 Å². The minimum atomic E-state index is 0.482. The second-order valence-electron chi connectivity index (χ2n) is 4.84. The molecule has 0 unspecified atom stereocenters. The van der Waals surface area contributed by atoms with Gasteiger partial charge in [-0.3, -0.25) is 0 Å². The van der Waals surface area contributed by atoms with Crippen molar-refractivity contribution in [3.8, 4) is 0 Å². The van der Waals surface area contributed by atoms with Crippen molar-refractivity contribution in [1.82, 2.24) is 15.0 Å². The number of rotatable bonds is 4. The van der Waals surface area contributed by atoms with E-state index in [4.69, 9.17) is 17.3 Å². The van der Waals surface area contributed by atoms with Gasteiger partial charge in [0.2, 0.25) is 0 Å². The van der Waals surface area contributed by atoms with Crippen molar-refractivity contribution < 1.29 is 0 Å². The lowest BCUT2D eigenvalue weighted by molar-refractivity contribution is 1.06. The molecular weight excluding hydrogens is 330 g/mol. The average Bonchev–Trinajstić information content (AvgIpc) is 2.53. The molecule has 2 heterocycles. The summed E-state index contributed by atoms with van der Waals surface area (Å²) in [6.45, 7) is 2.00. The molecule has 7 heteroatoms. The molecule has 116 valence electrons. The Morgan fingerprint density at radius 2 is 1.87 bits per heavy atom. The van der Waals surface area contributed by atoms with Gasteiger partial charge in [0.25, 0.3) is 0 Å². The van der Waals surface area contributed by atoms with Gasteiger partial charge in [-0.15, -0.1) is 0 Å². The van der Waals surface area contributed by atoms with Crippen LogP contribution < -0.4 is 11.1 Å². The molecule has 0 spiro atoms. The first-order valence-corrected chi connectivity index (χ1v) is 8.05. The molecule has 0 aliphatic rings. The predicted octanol–water partition coefficient (Wildman–Crippen LogP) is 4.31. The van der Waals surface area contributed by atoms with Gasteiger partial charge in [0.15, 0.2) is 5.82 Å². The Hall–Kier alpha value is -2.31. The van der Waals surface area contributed by atoms with E-state index in [2.05, 4.69) is 20.3 Å². The Bertz CT molecular complexity index is 823. The number of nitrogens with two attached hydrogens (primary N) is 1. The second kappa shape index (κ2) is 6.85. The number of hydrogen-bond acceptors (Lipinski definition) is 6. The minimum Gasteiger partial charge on any atom is -0.394 e. The molecule has 0 aliphatic heterocycles. The summed E-state index contributed by atoms with van der Waals surface area (Å²) in [4.78, 5) is 13.7. The minimum absolute atomic E-state index is 0.482. The first kappa shape index (κ1) is 15.6. The number of nitrogen functional groups attached to an aromatic ring is 1. The van der Waals surface area contributed by atoms with Crippen molar-refractivity contribution in [2.24, 2.45) is 0 Å². The predicted molar refractivity (Wildman–Crippen MR) is 94.3 cm³/mol. The Morgan fingerprint density at radius 3 is 2.61 bits per heavy atom. The van der Waals surface area contributed by atoms with Gasteiger partial charge in [0.1, 0.15) is 22.9 Å². The molecule has 0 bridgehead atoms. The molecule has 0 saturated carbocycles. The van der Waals surface area contributed by atoms with Crippen LogP contribution in [0.1, 0.15) is 5.56 Å². The van der Waals surface area contributed by atoms with Gasteiger partial charge in [-0.1, -0.05) is 23.4 Å². The zero-order valence-electron chi connectivity index (χ0n) is 12.3. The van der Waals surface area contributed by atoms with Crippen molar-refractivity contribution >= 4 is 40.7 Å². The van der Waals surface area contributed by atoms with E-state index < -0.39 is 0 Å². The number of halogens is 1. The quantitative estimate of drug-likeness (QED) is 0.687. The van der Waals surface area contributed by atoms with E-state index in [9.17, 15) is 0 Å². The Balaban J connectivity index is 1.84. The molecular formula is C16H14ClN5S. The van der Waals surface area contributed by atoms with E-state index >= 15 is 0 Å². The van der Waals surface area contributed by atoms with Crippen LogP contribution in [0.2, 0.25) is 5.02 Å². The van der Waals surface area contributed by atoms with Crippen molar-refractivity contribution in [2.45, 2.75) is 16.8 Å². The number of nitrogens with zero attached hydrogens (tertiary/aromatic N) is 3. The van der Waals surface area contributed by atoms with Gasteiger partial charge >= 0.3 is 0 Å². The molecule has 3 rings (SSSR count). The highest BCUT2D eigenvalue weighted by Crippen LogP contribution is 2.34. The number of anilines is 3. The molecule has 5 nitrogen and oxygen atoms in total. The van der Waals surface area contributed by atoms with Crippen LogP contribution in [0.5, 0.6) is 0 Å². The Morgan fingerprint density at radius 1 is 1.09 bits per heavy atom. The Labute approximate surface area is 143 Å². The number of aromatic nitrogens is 3. The molecule has 2 aromatic heterocycles. The van der Waals surface area contributed by atoms with Gasteiger partial charge in [-0.25, -0.2) is 15.0 Å². The second-order valence-corrected chi connectivity index (χ2v) is 6.34. The molecule has 0 fully saturated rings. The summed E-state index contributed by atoms with van der Waals surface area (Å²) in [6.07, 6.45) is 3.21. The van der Waals surface area contributed by atoms with Crippen LogP contribution in [0.25, 0.3) is 0 Å². The van der Waals surface area contributed by atoms with Gasteiger partial charge in [0, 0.05) is 16.1 Å². The van der Waals surface area contributed by atoms with Crippen molar-refractivity contribution in [3.05, 3.63) is 59.5 Å². The summed E-state index contributed by atoms with van der Waals surface area (Å²) in [6, 6.07) is 11.4. The first-order valence-electron chi connectivity index (χ1n) is 6.85. The first-order chi connectivity index (χ1) is 11.1. The van der Waals surface area contributed by atoms with Gasteiger partial charge in [-0.2, -0.15) is 0 Å². The van der Waals surface area contributed by atoms with Crippen molar-refractivity contribution in [1.29, 1.82) is 0 Å². The van der Waals surface area contributed by atoms with Crippen LogP contribution in [0.15, 0.2) is 58.8 Å². The maximum Gasteiger partial charge on any atom is 0.159 e. The lowest BCUT2D eigenvalue weighted by Gasteiger charge is -2.10. The maximum atomic E-state index is 6.18. The summed E-state index contributed by atoms with van der Waals surface area (Å²) in [5, 5.41) is 4.50. The summed E-state index contributed by atoms with van der Waals surface area (Å²) >= 11 is 7.35. The van der Waals surface area contributed by atoms with Gasteiger partial charge in [0.05, 0.1) is 0 Å². The van der Waals surface area contributed by atoms with E-state index in [1.807, 2.05) is 43.3 Å². The lowest BCUT2D eigenvalue weighted by atomic mass is 10.3. The molecule has 0 radical (unpaired) electrons. The van der Waals surface area contributed by atoms with Crippen LogP contribution >= 0.6 is 23.4 Å². The van der Waals surface area contributed by atoms with Crippen LogP contribution in [0, 0.1) is 6.92 Å². The van der Waals surface area contributed by atoms with E-state index in [1.165, 1.54) is 18.1 Å². The molecule has 1 aromatic carbocycles. The normalized spacial score (nSPS) is 10.5. The molecule has 0 atom stereocenters. The summed E-state index contributed by atoms with van der Waals surface area (Å²) in [7, 11) is 0. The van der Waals surface area contributed by atoms with Crippen molar-refractivity contribution in [2.75, 3.05) is 11.1 Å². The fraction of sp³-hybridized carbons (Fsp3) is 0.0625. The van der Waals surface area contributed by atoms with E-state index in [-0.39, 0.29) is 0 Å². The number of benzene rings is 1. The zero-order valence-corrected chi connectivity index (χ0v) is 13.9. The average molecular weight is 344 g/mol. The number of hydrogen-bond donors (Lipinski definition) is 2. The third-order valence-electron chi connectivity index (χ3n) is 3.04. The van der Waals surface area contributed by atoms with Crippen LogP contribution in [0.3, 0.4) is 0 Å². The summed E-state index contributed by atoms with van der Waals surface area (Å²) in [5.41, 5.74) is 7.77. The SMILES string of the molecule is Cc1ccnc(Nc2ncnc(Sc3ccc(Cl)cc3)c2N)c1. The lowest BCUT2D eigenvalue weighted by Crippen LogP contribution is -2.03. The van der Waals surface area contributed by atoms with Crippen LogP contribution in [-0.2, 0) is 0 Å². The third kappa shape index (κ3) is 3.91. The summed E-state index contributed by atoms with van der Waals surface area (Å²) in [5.74, 6) is 1.23. The standard InChI is InChI=1S/C16H14ClN5S/c1-10-6-7-19-13(8-10)22-15-14(18)16(21-9-20-15)23-12-4-2-11(17)3-5-12/h2-9H,18H2,1H3,(H,19,20,21,22). The molecule has 0 saturated heterocycles. The Kier molecular flexibility index (Phi) is 4.64. The fourth-order valence-electron chi connectivity index (χ4n) is 1.90. The molecule has 0 aliphatic carbocycles. The van der Waals surface area contributed by atoms with E-state index in [0.29, 0.717) is 27.4 Å². The molecule has 3 N–H and O–H groups in total. The monoisotopic (exact) mass is 343 g/mol. The van der Waals surface area contributed by atoms with Gasteiger partial charge in [-0.05, 0) is 48.9 Å². The largest absolute Gasteiger partial charge is 0.394 e. The zero-order chi connectivity index (χ0) is 16.2. The van der Waals surface area contributed by atoms with Crippen molar-refractivity contribution in [3.63, 3.8) is 0 Å². The molecule has 23 heavy (non-hydrogen) atoms. The van der Waals surface area contributed by atoms with Crippen LogP contribution in [0.4, 0.5) is 17.3 Å². The molecule has 0 amide bonds. The summed E-state index contributed by atoms with van der Waals surface area (Å²) < 4.78 is 0. The highest BCUT2D eigenvalue weighted by molar-refractivity contribution is 7.99. The van der Waals surface area contributed by atoms with Crippen LogP contribution in [-0.4, -0.2) is 15.0 Å². The highest BCUT2D eigenvalue weighted by atomic mass is 35.5. The highest BCUT2D eigenvalue weighted by Gasteiger charge is 2.10. The molecule has 3 aromatic rings. The number of nitrogens with one attached hydrogen (secondary N) is 1. The number of pyridine rings is 1. The van der Waals surface area contributed by atoms with E-state index in [0.717, 1.165) is 10.5 Å². The smallest absolute Gasteiger partial charge is 0.159 e. The fourth-order valence-corrected chi connectivity index (χ4v) is 2.83. The van der Waals surface area contributed by atoms with Gasteiger partial charge < -0.3 is 11.1 Å². The third-order valence-corrected chi connectivity index (χ3v) is 4.32. The number of aryl methyl sites for hydroxylation is 1. The van der Waals surface area contributed by atoms with E-state index in [1.54, 1.807) is 6.20 Å².